The van der Waals surface area contributed by atoms with Crippen molar-refractivity contribution in [3.05, 3.63) is 34.1 Å². The second-order valence-corrected chi connectivity index (χ2v) is 4.76. The molecule has 2 rings (SSSR count). The molecule has 1 aliphatic rings. The van der Waals surface area contributed by atoms with Crippen molar-refractivity contribution in [3.8, 4) is 0 Å². The van der Waals surface area contributed by atoms with Gasteiger partial charge in [0.2, 0.25) is 0 Å². The van der Waals surface area contributed by atoms with Gasteiger partial charge in [-0.25, -0.2) is 4.39 Å². The van der Waals surface area contributed by atoms with E-state index < -0.39 is 5.41 Å². The molecule has 0 amide bonds. The number of carbonyl (C=O) groups excluding carboxylic acids is 1. The van der Waals surface area contributed by atoms with E-state index in [-0.39, 0.29) is 11.8 Å². The molecular formula is C12H12BrFO2. The maximum absolute atomic E-state index is 13.9. The van der Waals surface area contributed by atoms with Gasteiger partial charge in [0.25, 0.3) is 0 Å². The summed E-state index contributed by atoms with van der Waals surface area (Å²) in [4.78, 5) is 11.8. The van der Waals surface area contributed by atoms with Gasteiger partial charge < -0.3 is 4.74 Å². The van der Waals surface area contributed by atoms with E-state index in [2.05, 4.69) is 15.9 Å². The van der Waals surface area contributed by atoms with Crippen LogP contribution in [0.4, 0.5) is 4.39 Å². The predicted molar refractivity (Wildman–Crippen MR) is 61.6 cm³/mol. The fourth-order valence-corrected chi connectivity index (χ4v) is 2.22. The van der Waals surface area contributed by atoms with Crippen molar-refractivity contribution in [2.75, 3.05) is 6.61 Å². The third-order valence-electron chi connectivity index (χ3n) is 2.88. The van der Waals surface area contributed by atoms with E-state index in [1.165, 1.54) is 0 Å². The highest BCUT2D eigenvalue weighted by atomic mass is 79.9. The number of halogens is 2. The van der Waals surface area contributed by atoms with Crippen LogP contribution >= 0.6 is 15.9 Å². The highest BCUT2D eigenvalue weighted by Gasteiger charge is 2.54. The number of hydrogen-bond acceptors (Lipinski definition) is 2. The standard InChI is InChI=1S/C12H12BrFO2/c1-2-16-11(15)12(6-7-12)8-4-3-5-9(13)10(8)14/h3-5H,2,6-7H2,1H3. The maximum Gasteiger partial charge on any atom is 0.316 e. The summed E-state index contributed by atoms with van der Waals surface area (Å²) >= 11 is 3.13. The average Bonchev–Trinajstić information content (AvgIpc) is 3.04. The lowest BCUT2D eigenvalue weighted by atomic mass is 9.95. The number of benzene rings is 1. The Morgan fingerprint density at radius 1 is 1.56 bits per heavy atom. The van der Waals surface area contributed by atoms with Gasteiger partial charge >= 0.3 is 5.97 Å². The summed E-state index contributed by atoms with van der Waals surface area (Å²) in [5.41, 5.74) is -0.288. The number of ether oxygens (including phenoxy) is 1. The van der Waals surface area contributed by atoms with Gasteiger partial charge in [-0.3, -0.25) is 4.79 Å². The number of carbonyl (C=O) groups is 1. The molecule has 16 heavy (non-hydrogen) atoms. The quantitative estimate of drug-likeness (QED) is 0.798. The highest BCUT2D eigenvalue weighted by Crippen LogP contribution is 2.50. The molecule has 1 fully saturated rings. The molecule has 0 aliphatic heterocycles. The third kappa shape index (κ3) is 1.75. The van der Waals surface area contributed by atoms with Crippen molar-refractivity contribution in [2.45, 2.75) is 25.2 Å². The number of rotatable bonds is 3. The second-order valence-electron chi connectivity index (χ2n) is 3.90. The molecule has 0 unspecified atom stereocenters. The minimum atomic E-state index is -0.732. The van der Waals surface area contributed by atoms with Crippen LogP contribution in [0.1, 0.15) is 25.3 Å². The summed E-state index contributed by atoms with van der Waals surface area (Å²) in [5, 5.41) is 0. The summed E-state index contributed by atoms with van der Waals surface area (Å²) in [7, 11) is 0. The fourth-order valence-electron chi connectivity index (χ4n) is 1.85. The van der Waals surface area contributed by atoms with Gasteiger partial charge in [-0.15, -0.1) is 0 Å². The van der Waals surface area contributed by atoms with E-state index in [1.54, 1.807) is 25.1 Å². The lowest BCUT2D eigenvalue weighted by Gasteiger charge is -2.15. The SMILES string of the molecule is CCOC(=O)C1(c2cccc(Br)c2F)CC1. The van der Waals surface area contributed by atoms with E-state index in [1.807, 2.05) is 0 Å². The summed E-state index contributed by atoms with van der Waals surface area (Å²) in [6, 6.07) is 5.02. The third-order valence-corrected chi connectivity index (χ3v) is 3.50. The van der Waals surface area contributed by atoms with Gasteiger partial charge in [-0.1, -0.05) is 12.1 Å². The van der Waals surface area contributed by atoms with Gasteiger partial charge in [0.05, 0.1) is 16.5 Å². The number of hydrogen-bond donors (Lipinski definition) is 0. The lowest BCUT2D eigenvalue weighted by Crippen LogP contribution is -2.24. The molecule has 4 heteroatoms. The summed E-state index contributed by atoms with van der Waals surface area (Å²) < 4.78 is 19.3. The van der Waals surface area contributed by atoms with Gasteiger partial charge in [0.1, 0.15) is 5.82 Å². The molecule has 0 saturated heterocycles. The van der Waals surface area contributed by atoms with Crippen LogP contribution in [0.3, 0.4) is 0 Å². The van der Waals surface area contributed by atoms with Crippen molar-refractivity contribution in [3.63, 3.8) is 0 Å². The Kier molecular flexibility index (Phi) is 3.02. The zero-order valence-corrected chi connectivity index (χ0v) is 10.5. The van der Waals surface area contributed by atoms with Crippen molar-refractivity contribution in [2.24, 2.45) is 0 Å². The molecule has 1 aliphatic carbocycles. The van der Waals surface area contributed by atoms with Crippen LogP contribution in [-0.2, 0) is 14.9 Å². The van der Waals surface area contributed by atoms with Crippen molar-refractivity contribution >= 4 is 21.9 Å². The minimum absolute atomic E-state index is 0.313. The van der Waals surface area contributed by atoms with Crippen molar-refractivity contribution in [1.29, 1.82) is 0 Å². The molecule has 0 bridgehead atoms. The van der Waals surface area contributed by atoms with Crippen molar-refractivity contribution < 1.29 is 13.9 Å². The summed E-state index contributed by atoms with van der Waals surface area (Å²) in [6.45, 7) is 2.08. The second kappa shape index (κ2) is 4.17. The molecule has 0 spiro atoms. The largest absolute Gasteiger partial charge is 0.465 e. The van der Waals surface area contributed by atoms with Crippen LogP contribution in [0.5, 0.6) is 0 Å². The Bertz CT molecular complexity index is 427. The van der Waals surface area contributed by atoms with E-state index in [0.717, 1.165) is 0 Å². The first-order valence-corrected chi connectivity index (χ1v) is 6.03. The molecule has 1 saturated carbocycles. The average molecular weight is 287 g/mol. The van der Waals surface area contributed by atoms with Crippen LogP contribution in [0.15, 0.2) is 22.7 Å². The predicted octanol–water partition coefficient (Wildman–Crippen LogP) is 3.18. The van der Waals surface area contributed by atoms with Crippen LogP contribution in [0, 0.1) is 5.82 Å². The smallest absolute Gasteiger partial charge is 0.316 e. The Hall–Kier alpha value is -0.900. The normalized spacial score (nSPS) is 16.9. The molecule has 2 nitrogen and oxygen atoms in total. The topological polar surface area (TPSA) is 26.3 Å². The first-order chi connectivity index (χ1) is 7.62. The summed E-state index contributed by atoms with van der Waals surface area (Å²) in [5.74, 6) is -0.667. The Morgan fingerprint density at radius 2 is 2.25 bits per heavy atom. The van der Waals surface area contributed by atoms with Gasteiger partial charge in [-0.05, 0) is 41.8 Å². The molecule has 0 aromatic heterocycles. The van der Waals surface area contributed by atoms with Crippen LogP contribution in [-0.4, -0.2) is 12.6 Å². The molecule has 1 aromatic rings. The zero-order valence-electron chi connectivity index (χ0n) is 8.93. The molecule has 0 heterocycles. The van der Waals surface area contributed by atoms with E-state index in [9.17, 15) is 9.18 Å². The fraction of sp³-hybridized carbons (Fsp3) is 0.417. The zero-order chi connectivity index (χ0) is 11.8. The first kappa shape index (κ1) is 11.6. The van der Waals surface area contributed by atoms with Crippen LogP contribution in [0.25, 0.3) is 0 Å². The highest BCUT2D eigenvalue weighted by molar-refractivity contribution is 9.10. The van der Waals surface area contributed by atoms with E-state index >= 15 is 0 Å². The van der Waals surface area contributed by atoms with Gasteiger partial charge in [-0.2, -0.15) is 0 Å². The molecule has 1 aromatic carbocycles. The number of esters is 1. The van der Waals surface area contributed by atoms with E-state index in [4.69, 9.17) is 4.74 Å². The summed E-state index contributed by atoms with van der Waals surface area (Å²) in [6.07, 6.45) is 1.33. The van der Waals surface area contributed by atoms with Crippen molar-refractivity contribution in [1.82, 2.24) is 0 Å². The van der Waals surface area contributed by atoms with Gasteiger partial charge in [0, 0.05) is 5.56 Å². The Balaban J connectivity index is 2.37. The van der Waals surface area contributed by atoms with Crippen LogP contribution < -0.4 is 0 Å². The lowest BCUT2D eigenvalue weighted by molar-refractivity contribution is -0.146. The molecule has 0 radical (unpaired) electrons. The first-order valence-electron chi connectivity index (χ1n) is 5.23. The maximum atomic E-state index is 13.9. The monoisotopic (exact) mass is 286 g/mol. The molecule has 0 atom stereocenters. The Morgan fingerprint density at radius 3 is 2.81 bits per heavy atom. The molecular weight excluding hydrogens is 275 g/mol. The van der Waals surface area contributed by atoms with Crippen LogP contribution in [0.2, 0.25) is 0 Å². The molecule has 0 N–H and O–H groups in total. The Labute approximate surface area is 102 Å². The van der Waals surface area contributed by atoms with Gasteiger partial charge in [0.15, 0.2) is 0 Å². The minimum Gasteiger partial charge on any atom is -0.465 e. The van der Waals surface area contributed by atoms with E-state index in [0.29, 0.717) is 29.5 Å². The molecule has 86 valence electrons.